The summed E-state index contributed by atoms with van der Waals surface area (Å²) >= 11 is 7.26. The lowest BCUT2D eigenvalue weighted by Crippen LogP contribution is -2.58. The predicted molar refractivity (Wildman–Crippen MR) is 63.5 cm³/mol. The highest BCUT2D eigenvalue weighted by Gasteiger charge is 2.44. The summed E-state index contributed by atoms with van der Waals surface area (Å²) in [5.41, 5.74) is 5.07. The summed E-state index contributed by atoms with van der Waals surface area (Å²) in [7, 11) is 0. The van der Waals surface area contributed by atoms with Gasteiger partial charge in [0.05, 0.1) is 24.1 Å². The van der Waals surface area contributed by atoms with Crippen LogP contribution >= 0.6 is 22.9 Å². The summed E-state index contributed by atoms with van der Waals surface area (Å²) in [5, 5.41) is 2.86. The van der Waals surface area contributed by atoms with Crippen LogP contribution in [0.1, 0.15) is 4.88 Å². The Kier molecular flexibility index (Phi) is 3.49. The third-order valence-electron chi connectivity index (χ3n) is 2.68. The highest BCUT2D eigenvalue weighted by atomic mass is 35.5. The average molecular weight is 261 g/mol. The van der Waals surface area contributed by atoms with Crippen LogP contribution in [0, 0.1) is 5.41 Å². The van der Waals surface area contributed by atoms with E-state index in [9.17, 15) is 4.79 Å². The Bertz CT molecular complexity index is 384. The molecule has 1 aromatic rings. The first-order chi connectivity index (χ1) is 7.66. The van der Waals surface area contributed by atoms with Crippen LogP contribution < -0.4 is 11.1 Å². The fraction of sp³-hybridized carbons (Fsp3) is 0.500. The van der Waals surface area contributed by atoms with E-state index in [1.165, 1.54) is 11.3 Å². The van der Waals surface area contributed by atoms with Gasteiger partial charge in [-0.05, 0) is 12.1 Å². The van der Waals surface area contributed by atoms with Gasteiger partial charge in [0.2, 0.25) is 5.91 Å². The van der Waals surface area contributed by atoms with Gasteiger partial charge >= 0.3 is 0 Å². The zero-order chi connectivity index (χ0) is 11.6. The molecule has 0 radical (unpaired) electrons. The molecule has 1 aromatic heterocycles. The molecule has 6 heteroatoms. The lowest BCUT2D eigenvalue weighted by Gasteiger charge is -2.38. The number of halogens is 1. The first-order valence-electron chi connectivity index (χ1n) is 4.97. The zero-order valence-corrected chi connectivity index (χ0v) is 10.2. The van der Waals surface area contributed by atoms with Gasteiger partial charge in [-0.3, -0.25) is 4.79 Å². The molecule has 0 atom stereocenters. The third-order valence-corrected chi connectivity index (χ3v) is 3.91. The molecule has 88 valence electrons. The number of thiophene rings is 1. The van der Waals surface area contributed by atoms with Crippen molar-refractivity contribution in [2.45, 2.75) is 6.54 Å². The van der Waals surface area contributed by atoms with Crippen LogP contribution in [0.4, 0.5) is 0 Å². The van der Waals surface area contributed by atoms with E-state index < -0.39 is 5.41 Å². The highest BCUT2D eigenvalue weighted by molar-refractivity contribution is 7.16. The van der Waals surface area contributed by atoms with E-state index in [1.54, 1.807) is 0 Å². The normalized spacial score (nSPS) is 17.9. The molecule has 1 aliphatic heterocycles. The molecule has 4 nitrogen and oxygen atoms in total. The number of nitrogens with two attached hydrogens (primary N) is 1. The van der Waals surface area contributed by atoms with Crippen molar-refractivity contribution in [1.29, 1.82) is 0 Å². The van der Waals surface area contributed by atoms with E-state index in [1.807, 2.05) is 12.1 Å². The Morgan fingerprint density at radius 2 is 2.38 bits per heavy atom. The van der Waals surface area contributed by atoms with Gasteiger partial charge in [-0.25, -0.2) is 0 Å². The van der Waals surface area contributed by atoms with Crippen LogP contribution in [0.15, 0.2) is 12.1 Å². The van der Waals surface area contributed by atoms with Crippen molar-refractivity contribution in [3.05, 3.63) is 21.3 Å². The SMILES string of the molecule is NCC1(C(=O)NCc2ccc(Cl)s2)COC1. The molecule has 2 heterocycles. The van der Waals surface area contributed by atoms with Crippen molar-refractivity contribution < 1.29 is 9.53 Å². The van der Waals surface area contributed by atoms with Gasteiger partial charge in [-0.2, -0.15) is 0 Å². The molecule has 0 spiro atoms. The van der Waals surface area contributed by atoms with Gasteiger partial charge in [0.25, 0.3) is 0 Å². The van der Waals surface area contributed by atoms with Crippen LogP contribution in [0.2, 0.25) is 4.34 Å². The number of carbonyl (C=O) groups is 1. The van der Waals surface area contributed by atoms with Crippen LogP contribution in [0.5, 0.6) is 0 Å². The van der Waals surface area contributed by atoms with Crippen molar-refractivity contribution in [3.63, 3.8) is 0 Å². The van der Waals surface area contributed by atoms with E-state index in [2.05, 4.69) is 5.32 Å². The number of rotatable bonds is 4. The van der Waals surface area contributed by atoms with E-state index in [-0.39, 0.29) is 5.91 Å². The standard InChI is InChI=1S/C10H13ClN2O2S/c11-8-2-1-7(16-8)3-13-9(14)10(4-12)5-15-6-10/h1-2H,3-6,12H2,(H,13,14). The molecule has 3 N–H and O–H groups in total. The van der Waals surface area contributed by atoms with Gasteiger partial charge in [-0.1, -0.05) is 11.6 Å². The maximum atomic E-state index is 11.9. The van der Waals surface area contributed by atoms with Crippen molar-refractivity contribution >= 4 is 28.8 Å². The predicted octanol–water partition coefficient (Wildman–Crippen LogP) is 0.993. The number of amides is 1. The molecule has 1 saturated heterocycles. The highest BCUT2D eigenvalue weighted by Crippen LogP contribution is 2.27. The second kappa shape index (κ2) is 4.71. The van der Waals surface area contributed by atoms with Crippen molar-refractivity contribution in [2.75, 3.05) is 19.8 Å². The molecular weight excluding hydrogens is 248 g/mol. The largest absolute Gasteiger partial charge is 0.379 e. The van der Waals surface area contributed by atoms with Gasteiger partial charge in [0.1, 0.15) is 5.41 Å². The summed E-state index contributed by atoms with van der Waals surface area (Å²) in [6.07, 6.45) is 0. The third kappa shape index (κ3) is 2.22. The number of carbonyl (C=O) groups excluding carboxylic acids is 1. The zero-order valence-electron chi connectivity index (χ0n) is 8.66. The molecule has 0 aromatic carbocycles. The Morgan fingerprint density at radius 1 is 1.62 bits per heavy atom. The molecule has 1 aliphatic rings. The lowest BCUT2D eigenvalue weighted by molar-refractivity contribution is -0.159. The monoisotopic (exact) mass is 260 g/mol. The summed E-state index contributed by atoms with van der Waals surface area (Å²) in [4.78, 5) is 12.9. The van der Waals surface area contributed by atoms with Crippen molar-refractivity contribution in [3.8, 4) is 0 Å². The Balaban J connectivity index is 1.88. The molecule has 16 heavy (non-hydrogen) atoms. The Hall–Kier alpha value is -0.620. The topological polar surface area (TPSA) is 64.4 Å². The smallest absolute Gasteiger partial charge is 0.232 e. The Labute approximate surface area is 103 Å². The maximum absolute atomic E-state index is 11.9. The minimum Gasteiger partial charge on any atom is -0.379 e. The van der Waals surface area contributed by atoms with Crippen LogP contribution in [0.25, 0.3) is 0 Å². The second-order valence-electron chi connectivity index (χ2n) is 3.87. The fourth-order valence-corrected chi connectivity index (χ4v) is 2.52. The molecular formula is C10H13ClN2O2S. The first kappa shape index (κ1) is 11.9. The van der Waals surface area contributed by atoms with Crippen LogP contribution in [0.3, 0.4) is 0 Å². The molecule has 0 saturated carbocycles. The molecule has 2 rings (SSSR count). The van der Waals surface area contributed by atoms with Gasteiger partial charge in [-0.15, -0.1) is 11.3 Å². The number of hydrogen-bond acceptors (Lipinski definition) is 4. The quantitative estimate of drug-likeness (QED) is 0.849. The van der Waals surface area contributed by atoms with E-state index in [4.69, 9.17) is 22.1 Å². The maximum Gasteiger partial charge on any atom is 0.232 e. The molecule has 0 aliphatic carbocycles. The van der Waals surface area contributed by atoms with E-state index >= 15 is 0 Å². The Morgan fingerprint density at radius 3 is 2.81 bits per heavy atom. The van der Waals surface area contributed by atoms with E-state index in [0.717, 1.165) is 9.21 Å². The molecule has 0 bridgehead atoms. The van der Waals surface area contributed by atoms with Crippen molar-refractivity contribution in [2.24, 2.45) is 11.1 Å². The van der Waals surface area contributed by atoms with Crippen molar-refractivity contribution in [1.82, 2.24) is 5.32 Å². The lowest BCUT2D eigenvalue weighted by atomic mass is 9.85. The number of ether oxygens (including phenoxy) is 1. The molecule has 0 unspecified atom stereocenters. The second-order valence-corrected chi connectivity index (χ2v) is 5.67. The fourth-order valence-electron chi connectivity index (χ4n) is 1.49. The first-order valence-corrected chi connectivity index (χ1v) is 6.16. The molecule has 1 amide bonds. The number of hydrogen-bond donors (Lipinski definition) is 2. The van der Waals surface area contributed by atoms with Crippen LogP contribution in [-0.2, 0) is 16.1 Å². The molecule has 1 fully saturated rings. The van der Waals surface area contributed by atoms with Gasteiger partial charge in [0, 0.05) is 11.4 Å². The average Bonchev–Trinajstić information content (AvgIpc) is 2.60. The van der Waals surface area contributed by atoms with E-state index in [0.29, 0.717) is 26.3 Å². The van der Waals surface area contributed by atoms with Gasteiger partial charge in [0.15, 0.2) is 0 Å². The van der Waals surface area contributed by atoms with Crippen LogP contribution in [-0.4, -0.2) is 25.7 Å². The number of nitrogens with one attached hydrogen (secondary N) is 1. The summed E-state index contributed by atoms with van der Waals surface area (Å²) in [5.74, 6) is -0.0363. The summed E-state index contributed by atoms with van der Waals surface area (Å²) in [6.45, 7) is 1.66. The summed E-state index contributed by atoms with van der Waals surface area (Å²) in [6, 6.07) is 3.72. The van der Waals surface area contributed by atoms with Gasteiger partial charge < -0.3 is 15.8 Å². The minimum absolute atomic E-state index is 0.0363. The minimum atomic E-state index is -0.513. The summed E-state index contributed by atoms with van der Waals surface area (Å²) < 4.78 is 5.77.